The van der Waals surface area contributed by atoms with E-state index in [0.29, 0.717) is 36.1 Å². The summed E-state index contributed by atoms with van der Waals surface area (Å²) in [6.07, 6.45) is 5.81. The summed E-state index contributed by atoms with van der Waals surface area (Å²) in [7, 11) is 0. The SMILES string of the molecule is O=C(O)[C@@H]1C2C[C@@H]3C[C@H](C2)CC1(n1ncc(Nc2ccc(O)cc2)c(Cl)c1=O)C3. The van der Waals surface area contributed by atoms with Crippen LogP contribution in [0.2, 0.25) is 5.02 Å². The lowest BCUT2D eigenvalue weighted by molar-refractivity contribution is -0.168. The molecule has 2 aromatic rings. The topological polar surface area (TPSA) is 104 Å². The number of anilines is 2. The second-order valence-corrected chi connectivity index (χ2v) is 9.17. The zero-order valence-electron chi connectivity index (χ0n) is 15.7. The molecule has 5 atom stereocenters. The van der Waals surface area contributed by atoms with E-state index in [-0.39, 0.29) is 16.7 Å². The number of aromatic hydroxyl groups is 1. The highest BCUT2D eigenvalue weighted by Crippen LogP contribution is 2.61. The van der Waals surface area contributed by atoms with Gasteiger partial charge in [-0.05, 0) is 74.1 Å². The minimum atomic E-state index is -0.843. The molecule has 4 aliphatic rings. The highest BCUT2D eigenvalue weighted by Gasteiger charge is 2.61. The highest BCUT2D eigenvalue weighted by atomic mass is 35.5. The first-order valence-electron chi connectivity index (χ1n) is 9.94. The Morgan fingerprint density at radius 2 is 1.83 bits per heavy atom. The van der Waals surface area contributed by atoms with Gasteiger partial charge in [-0.25, -0.2) is 4.68 Å². The predicted molar refractivity (Wildman–Crippen MR) is 108 cm³/mol. The van der Waals surface area contributed by atoms with Crippen molar-refractivity contribution in [3.8, 4) is 5.75 Å². The fraction of sp³-hybridized carbons (Fsp3) is 0.476. The fourth-order valence-electron chi connectivity index (χ4n) is 6.27. The molecule has 29 heavy (non-hydrogen) atoms. The van der Waals surface area contributed by atoms with Gasteiger partial charge in [0, 0.05) is 5.69 Å². The summed E-state index contributed by atoms with van der Waals surface area (Å²) in [5.74, 6) is -0.314. The molecule has 1 aromatic heterocycles. The standard InChI is InChI=1S/C21H22ClN3O4/c22-18-16(24-14-1-3-15(26)4-2-14)10-23-25(19(18)27)21-8-11-5-12(9-21)7-13(6-11)17(21)20(28)29/h1-4,10-13,17,24,26H,5-9H2,(H,28,29)/t11-,12+,13?,17-,21?/m0/s1. The van der Waals surface area contributed by atoms with Crippen LogP contribution in [0.25, 0.3) is 0 Å². The van der Waals surface area contributed by atoms with Crippen molar-refractivity contribution < 1.29 is 15.0 Å². The van der Waals surface area contributed by atoms with Gasteiger partial charge in [-0.15, -0.1) is 0 Å². The van der Waals surface area contributed by atoms with Gasteiger partial charge < -0.3 is 15.5 Å². The summed E-state index contributed by atoms with van der Waals surface area (Å²) >= 11 is 6.41. The van der Waals surface area contributed by atoms with Crippen LogP contribution in [0, 0.1) is 23.7 Å². The van der Waals surface area contributed by atoms with E-state index in [1.165, 1.54) is 23.0 Å². The number of phenolic OH excluding ortho intramolecular Hbond substituents is 1. The van der Waals surface area contributed by atoms with Crippen LogP contribution in [0.1, 0.15) is 32.1 Å². The summed E-state index contributed by atoms with van der Waals surface area (Å²) in [6.45, 7) is 0. The average molecular weight is 416 g/mol. The van der Waals surface area contributed by atoms with Crippen molar-refractivity contribution in [3.63, 3.8) is 0 Å². The number of carbonyl (C=O) groups is 1. The third kappa shape index (κ3) is 2.82. The average Bonchev–Trinajstić information content (AvgIpc) is 2.66. The number of hydrogen-bond acceptors (Lipinski definition) is 5. The van der Waals surface area contributed by atoms with E-state index in [2.05, 4.69) is 10.4 Å². The zero-order valence-corrected chi connectivity index (χ0v) is 16.5. The molecule has 0 amide bonds. The number of aromatic nitrogens is 2. The molecule has 0 spiro atoms. The smallest absolute Gasteiger partial charge is 0.309 e. The summed E-state index contributed by atoms with van der Waals surface area (Å²) in [4.78, 5) is 25.4. The van der Waals surface area contributed by atoms with Gasteiger partial charge in [0.15, 0.2) is 0 Å². The van der Waals surface area contributed by atoms with Crippen LogP contribution in [0.3, 0.4) is 0 Å². The van der Waals surface area contributed by atoms with Gasteiger partial charge in [-0.2, -0.15) is 5.10 Å². The van der Waals surface area contributed by atoms with Crippen LogP contribution in [0.15, 0.2) is 35.3 Å². The van der Waals surface area contributed by atoms with Gasteiger partial charge in [-0.3, -0.25) is 9.59 Å². The molecule has 2 unspecified atom stereocenters. The van der Waals surface area contributed by atoms with Crippen LogP contribution in [-0.2, 0) is 10.3 Å². The zero-order chi connectivity index (χ0) is 20.3. The van der Waals surface area contributed by atoms with E-state index in [1.807, 2.05) is 0 Å². The minimum absolute atomic E-state index is 0.00652. The number of rotatable bonds is 4. The van der Waals surface area contributed by atoms with E-state index in [9.17, 15) is 19.8 Å². The number of benzene rings is 1. The molecule has 8 heteroatoms. The number of hydrogen-bond donors (Lipinski definition) is 3. The highest BCUT2D eigenvalue weighted by molar-refractivity contribution is 6.33. The Hall–Kier alpha value is -2.54. The quantitative estimate of drug-likeness (QED) is 0.659. The molecule has 0 aliphatic heterocycles. The number of carboxylic acids is 1. The first kappa shape index (κ1) is 18.5. The molecule has 4 bridgehead atoms. The first-order valence-corrected chi connectivity index (χ1v) is 10.3. The van der Waals surface area contributed by atoms with E-state index >= 15 is 0 Å². The molecule has 0 radical (unpaired) electrons. The molecule has 1 aromatic carbocycles. The number of nitrogens with one attached hydrogen (secondary N) is 1. The second kappa shape index (κ2) is 6.49. The molecule has 7 nitrogen and oxygen atoms in total. The molecule has 4 fully saturated rings. The van der Waals surface area contributed by atoms with Crippen molar-refractivity contribution in [1.29, 1.82) is 0 Å². The number of halogens is 1. The Bertz CT molecular complexity index is 1020. The van der Waals surface area contributed by atoms with E-state index in [4.69, 9.17) is 11.6 Å². The predicted octanol–water partition coefficient (Wildman–Crippen LogP) is 3.58. The molecule has 4 saturated carbocycles. The van der Waals surface area contributed by atoms with Crippen LogP contribution < -0.4 is 10.9 Å². The van der Waals surface area contributed by atoms with E-state index < -0.39 is 23.0 Å². The Labute approximate surface area is 172 Å². The van der Waals surface area contributed by atoms with Gasteiger partial charge >= 0.3 is 5.97 Å². The van der Waals surface area contributed by atoms with E-state index in [0.717, 1.165) is 19.3 Å². The van der Waals surface area contributed by atoms with Gasteiger partial charge in [-0.1, -0.05) is 11.6 Å². The first-order chi connectivity index (χ1) is 13.9. The van der Waals surface area contributed by atoms with Gasteiger partial charge in [0.25, 0.3) is 5.56 Å². The van der Waals surface area contributed by atoms with Crippen molar-refractivity contribution in [2.24, 2.45) is 23.7 Å². The lowest BCUT2D eigenvalue weighted by Gasteiger charge is -2.59. The number of phenols is 1. The number of nitrogens with zero attached hydrogens (tertiary/aromatic N) is 2. The molecule has 1 heterocycles. The maximum Gasteiger partial charge on any atom is 0.309 e. The van der Waals surface area contributed by atoms with Crippen molar-refractivity contribution in [1.82, 2.24) is 9.78 Å². The lowest BCUT2D eigenvalue weighted by atomic mass is 9.48. The second-order valence-electron chi connectivity index (χ2n) is 8.79. The Morgan fingerprint density at radius 3 is 2.45 bits per heavy atom. The molecule has 0 saturated heterocycles. The Kier molecular flexibility index (Phi) is 4.13. The molecule has 3 N–H and O–H groups in total. The summed E-state index contributed by atoms with van der Waals surface area (Å²) in [5.41, 5.74) is -0.237. The van der Waals surface area contributed by atoms with Crippen molar-refractivity contribution in [3.05, 3.63) is 45.8 Å². The van der Waals surface area contributed by atoms with Crippen LogP contribution in [-0.4, -0.2) is 26.0 Å². The van der Waals surface area contributed by atoms with Crippen molar-refractivity contribution in [2.75, 3.05) is 5.32 Å². The third-order valence-corrected chi connectivity index (χ3v) is 7.39. The van der Waals surface area contributed by atoms with E-state index in [1.54, 1.807) is 12.1 Å². The van der Waals surface area contributed by atoms with Crippen LogP contribution in [0.4, 0.5) is 11.4 Å². The Balaban J connectivity index is 1.55. The van der Waals surface area contributed by atoms with Gasteiger partial charge in [0.05, 0.1) is 23.3 Å². The number of carboxylic acid groups (broad SMARTS) is 1. The summed E-state index contributed by atoms with van der Waals surface area (Å²) < 4.78 is 1.38. The monoisotopic (exact) mass is 415 g/mol. The maximum absolute atomic E-state index is 13.2. The molecule has 6 rings (SSSR count). The van der Waals surface area contributed by atoms with Crippen LogP contribution >= 0.6 is 11.6 Å². The summed E-state index contributed by atoms with van der Waals surface area (Å²) in [5, 5.41) is 26.9. The molecular formula is C21H22ClN3O4. The normalized spacial score (nSPS) is 32.3. The molecule has 4 aliphatic carbocycles. The van der Waals surface area contributed by atoms with Crippen molar-refractivity contribution >= 4 is 28.9 Å². The molecule has 152 valence electrons. The van der Waals surface area contributed by atoms with Gasteiger partial charge in [0.2, 0.25) is 0 Å². The minimum Gasteiger partial charge on any atom is -0.508 e. The van der Waals surface area contributed by atoms with Crippen LogP contribution in [0.5, 0.6) is 5.75 Å². The fourth-order valence-corrected chi connectivity index (χ4v) is 6.45. The summed E-state index contributed by atoms with van der Waals surface area (Å²) in [6, 6.07) is 6.38. The molecular weight excluding hydrogens is 394 g/mol. The third-order valence-electron chi connectivity index (χ3n) is 7.03. The largest absolute Gasteiger partial charge is 0.508 e. The van der Waals surface area contributed by atoms with Crippen molar-refractivity contribution in [2.45, 2.75) is 37.6 Å². The number of aliphatic carboxylic acids is 1. The van der Waals surface area contributed by atoms with Gasteiger partial charge in [0.1, 0.15) is 10.8 Å². The lowest BCUT2D eigenvalue weighted by Crippen LogP contribution is -2.63. The Morgan fingerprint density at radius 1 is 1.17 bits per heavy atom. The maximum atomic E-state index is 13.2.